The number of nitrogens with one attached hydrogen (secondary N) is 2. The number of thiocarbonyl (C=S) groups is 1. The Kier molecular flexibility index (Phi) is 6.26. The molecule has 3 aromatic rings. The highest BCUT2D eigenvalue weighted by atomic mass is 32.1. The Balaban J connectivity index is 1.63. The van der Waals surface area contributed by atoms with Crippen molar-refractivity contribution in [3.8, 4) is 0 Å². The fraction of sp³-hybridized carbons (Fsp3) is 0.217. The zero-order chi connectivity index (χ0) is 20.1. The van der Waals surface area contributed by atoms with Crippen LogP contribution in [0, 0.1) is 27.7 Å². The maximum Gasteiger partial charge on any atom is 0.191 e. The fourth-order valence-corrected chi connectivity index (χ4v) is 3.27. The molecular formula is C23H26N4S. The van der Waals surface area contributed by atoms with Crippen LogP contribution in [0.4, 0.5) is 5.69 Å². The van der Waals surface area contributed by atoms with Crippen molar-refractivity contribution < 1.29 is 0 Å². The maximum absolute atomic E-state index is 5.35. The third-order valence-electron chi connectivity index (χ3n) is 4.70. The smallest absolute Gasteiger partial charge is 0.191 e. The molecular weight excluding hydrogens is 364 g/mol. The van der Waals surface area contributed by atoms with Crippen LogP contribution >= 0.6 is 12.2 Å². The van der Waals surface area contributed by atoms with Crippen molar-refractivity contribution in [2.45, 2.75) is 34.2 Å². The van der Waals surface area contributed by atoms with Gasteiger partial charge in [-0.25, -0.2) is 0 Å². The van der Waals surface area contributed by atoms with Crippen LogP contribution in [0.1, 0.15) is 33.5 Å². The fourth-order valence-electron chi connectivity index (χ4n) is 3.10. The molecule has 0 atom stereocenters. The lowest BCUT2D eigenvalue weighted by molar-refractivity contribution is 0.793. The van der Waals surface area contributed by atoms with E-state index in [9.17, 15) is 0 Å². The van der Waals surface area contributed by atoms with E-state index in [-0.39, 0.29) is 0 Å². The summed E-state index contributed by atoms with van der Waals surface area (Å²) in [6.45, 7) is 9.21. The summed E-state index contributed by atoms with van der Waals surface area (Å²) in [4.78, 5) is 0. The van der Waals surface area contributed by atoms with Crippen molar-refractivity contribution >= 4 is 29.2 Å². The summed E-state index contributed by atoms with van der Waals surface area (Å²) >= 11 is 5.35. The molecule has 2 N–H and O–H groups in total. The zero-order valence-electron chi connectivity index (χ0n) is 16.8. The van der Waals surface area contributed by atoms with Crippen molar-refractivity contribution in [3.05, 3.63) is 88.2 Å². The summed E-state index contributed by atoms with van der Waals surface area (Å²) < 4.78 is 2.17. The zero-order valence-corrected chi connectivity index (χ0v) is 17.6. The van der Waals surface area contributed by atoms with Gasteiger partial charge in [0.15, 0.2) is 5.11 Å². The van der Waals surface area contributed by atoms with Crippen LogP contribution in [0.5, 0.6) is 0 Å². The Morgan fingerprint density at radius 3 is 2.54 bits per heavy atom. The number of rotatable bonds is 5. The van der Waals surface area contributed by atoms with Crippen molar-refractivity contribution in [1.82, 2.24) is 9.99 Å². The van der Waals surface area contributed by atoms with Crippen molar-refractivity contribution in [3.63, 3.8) is 0 Å². The van der Waals surface area contributed by atoms with Crippen molar-refractivity contribution in [1.29, 1.82) is 0 Å². The Bertz CT molecular complexity index is 1020. The van der Waals surface area contributed by atoms with Gasteiger partial charge in [-0.15, -0.1) is 0 Å². The molecule has 2 aromatic carbocycles. The van der Waals surface area contributed by atoms with E-state index < -0.39 is 0 Å². The average Bonchev–Trinajstić information content (AvgIpc) is 3.08. The van der Waals surface area contributed by atoms with Gasteiger partial charge in [-0.1, -0.05) is 41.5 Å². The normalized spacial score (nSPS) is 11.0. The second kappa shape index (κ2) is 8.85. The first-order valence-corrected chi connectivity index (χ1v) is 9.72. The van der Waals surface area contributed by atoms with Crippen LogP contribution in [0.25, 0.3) is 0 Å². The van der Waals surface area contributed by atoms with Crippen LogP contribution < -0.4 is 10.7 Å². The van der Waals surface area contributed by atoms with E-state index in [1.54, 1.807) is 6.21 Å². The molecule has 0 fully saturated rings. The van der Waals surface area contributed by atoms with Crippen LogP contribution in [0.3, 0.4) is 0 Å². The molecule has 0 spiro atoms. The molecule has 0 aliphatic rings. The molecule has 0 aliphatic carbocycles. The summed E-state index contributed by atoms with van der Waals surface area (Å²) in [5.74, 6) is 0. The number of nitrogens with zero attached hydrogens (tertiary/aromatic N) is 2. The van der Waals surface area contributed by atoms with Gasteiger partial charge in [-0.3, -0.25) is 5.43 Å². The first kappa shape index (κ1) is 19.8. The van der Waals surface area contributed by atoms with E-state index in [0.29, 0.717) is 5.11 Å². The molecule has 1 aromatic heterocycles. The highest BCUT2D eigenvalue weighted by molar-refractivity contribution is 7.80. The second-order valence-corrected chi connectivity index (χ2v) is 7.54. The monoisotopic (exact) mass is 390 g/mol. The predicted octanol–water partition coefficient (Wildman–Crippen LogP) is 5.09. The second-order valence-electron chi connectivity index (χ2n) is 7.13. The summed E-state index contributed by atoms with van der Waals surface area (Å²) in [6.07, 6.45) is 3.86. The molecule has 0 aliphatic heterocycles. The predicted molar refractivity (Wildman–Crippen MR) is 122 cm³/mol. The van der Waals surface area contributed by atoms with E-state index >= 15 is 0 Å². The van der Waals surface area contributed by atoms with Gasteiger partial charge in [0.25, 0.3) is 0 Å². The minimum absolute atomic E-state index is 0.468. The van der Waals surface area contributed by atoms with Crippen molar-refractivity contribution in [2.24, 2.45) is 5.10 Å². The van der Waals surface area contributed by atoms with Gasteiger partial charge in [-0.2, -0.15) is 5.10 Å². The van der Waals surface area contributed by atoms with Gasteiger partial charge in [0.1, 0.15) is 0 Å². The first-order chi connectivity index (χ1) is 13.4. The Morgan fingerprint density at radius 1 is 1.00 bits per heavy atom. The van der Waals surface area contributed by atoms with Gasteiger partial charge in [0.2, 0.25) is 0 Å². The number of hydrogen-bond acceptors (Lipinski definition) is 2. The number of aromatic nitrogens is 1. The van der Waals surface area contributed by atoms with E-state index in [4.69, 9.17) is 12.2 Å². The molecule has 0 amide bonds. The van der Waals surface area contributed by atoms with E-state index in [2.05, 4.69) is 84.6 Å². The summed E-state index contributed by atoms with van der Waals surface area (Å²) in [6, 6.07) is 16.8. The Labute approximate surface area is 172 Å². The van der Waals surface area contributed by atoms with Crippen LogP contribution in [-0.4, -0.2) is 15.9 Å². The number of hydrogen-bond donors (Lipinski definition) is 2. The van der Waals surface area contributed by atoms with Gasteiger partial charge in [0, 0.05) is 18.4 Å². The van der Waals surface area contributed by atoms with Crippen LogP contribution in [0.15, 0.2) is 59.8 Å². The van der Waals surface area contributed by atoms with E-state index in [1.807, 2.05) is 18.2 Å². The van der Waals surface area contributed by atoms with Gasteiger partial charge < -0.3 is 9.88 Å². The molecule has 0 unspecified atom stereocenters. The van der Waals surface area contributed by atoms with E-state index in [0.717, 1.165) is 23.5 Å². The molecule has 0 bridgehead atoms. The van der Waals surface area contributed by atoms with Gasteiger partial charge in [-0.05, 0) is 74.8 Å². The standard InChI is InChI=1S/C23H26N4S/c1-16-8-10-22(19(4)12-16)25-23(28)26-24-14-21-6-5-11-27(21)15-20-13-17(2)7-9-18(20)3/h5-14H,15H2,1-4H3,(H2,25,26,28). The Morgan fingerprint density at radius 2 is 1.75 bits per heavy atom. The molecule has 144 valence electrons. The molecule has 4 nitrogen and oxygen atoms in total. The summed E-state index contributed by atoms with van der Waals surface area (Å²) in [5, 5.41) is 7.95. The largest absolute Gasteiger partial charge is 0.342 e. The molecule has 1 heterocycles. The maximum atomic E-state index is 5.35. The molecule has 0 saturated heterocycles. The van der Waals surface area contributed by atoms with Crippen molar-refractivity contribution in [2.75, 3.05) is 5.32 Å². The Hall–Kier alpha value is -2.92. The first-order valence-electron chi connectivity index (χ1n) is 9.31. The number of anilines is 1. The summed E-state index contributed by atoms with van der Waals surface area (Å²) in [5.41, 5.74) is 11.1. The lowest BCUT2D eigenvalue weighted by Gasteiger charge is -2.11. The van der Waals surface area contributed by atoms with Gasteiger partial charge >= 0.3 is 0 Å². The molecule has 5 heteroatoms. The average molecular weight is 391 g/mol. The third-order valence-corrected chi connectivity index (χ3v) is 4.90. The number of hydrazone groups is 1. The lowest BCUT2D eigenvalue weighted by atomic mass is 10.1. The number of aryl methyl sites for hydroxylation is 4. The third kappa shape index (κ3) is 5.08. The molecule has 0 saturated carbocycles. The highest BCUT2D eigenvalue weighted by Gasteiger charge is 2.04. The quantitative estimate of drug-likeness (QED) is 0.362. The SMILES string of the molecule is Cc1ccc(NC(=S)NN=Cc2cccn2Cc2cc(C)ccc2C)c(C)c1. The molecule has 3 rings (SSSR count). The minimum atomic E-state index is 0.468. The highest BCUT2D eigenvalue weighted by Crippen LogP contribution is 2.16. The van der Waals surface area contributed by atoms with Crippen LogP contribution in [-0.2, 0) is 6.54 Å². The number of benzene rings is 2. The van der Waals surface area contributed by atoms with Gasteiger partial charge in [0.05, 0.1) is 11.9 Å². The molecule has 0 radical (unpaired) electrons. The van der Waals surface area contributed by atoms with E-state index in [1.165, 1.54) is 22.3 Å². The minimum Gasteiger partial charge on any atom is -0.342 e. The molecule has 28 heavy (non-hydrogen) atoms. The summed E-state index contributed by atoms with van der Waals surface area (Å²) in [7, 11) is 0. The topological polar surface area (TPSA) is 41.4 Å². The van der Waals surface area contributed by atoms with Crippen LogP contribution in [0.2, 0.25) is 0 Å². The lowest BCUT2D eigenvalue weighted by Crippen LogP contribution is -2.24.